The molecule has 2 rings (SSSR count). The third-order valence-electron chi connectivity index (χ3n) is 4.03. The molecule has 2 aliphatic carbocycles. The van der Waals surface area contributed by atoms with Crippen molar-refractivity contribution in [3.05, 3.63) is 23.3 Å². The Labute approximate surface area is 98.6 Å². The smallest absolute Gasteiger partial charge is 0.145 e. The molecule has 0 heterocycles. The Morgan fingerprint density at radius 1 is 1.38 bits per heavy atom. The molecule has 0 spiro atoms. The molecule has 1 heteroatoms. The Balaban J connectivity index is 2.02. The SMILES string of the molecule is CC1(C)CCC=C([C@@H]2CC=C(C=O)CC2)C1. The second kappa shape index (κ2) is 4.57. The molecule has 0 bridgehead atoms. The first kappa shape index (κ1) is 11.6. The second-order valence-corrected chi connectivity index (χ2v) is 6.03. The Morgan fingerprint density at radius 3 is 2.75 bits per heavy atom. The van der Waals surface area contributed by atoms with Gasteiger partial charge in [0.05, 0.1) is 0 Å². The summed E-state index contributed by atoms with van der Waals surface area (Å²) in [5.41, 5.74) is 3.14. The van der Waals surface area contributed by atoms with Crippen LogP contribution in [0.5, 0.6) is 0 Å². The van der Waals surface area contributed by atoms with Crippen molar-refractivity contribution in [2.45, 2.75) is 52.4 Å². The molecule has 0 aromatic rings. The van der Waals surface area contributed by atoms with Crippen LogP contribution < -0.4 is 0 Å². The van der Waals surface area contributed by atoms with E-state index in [2.05, 4.69) is 26.0 Å². The minimum Gasteiger partial charge on any atom is -0.298 e. The quantitative estimate of drug-likeness (QED) is 0.505. The van der Waals surface area contributed by atoms with Gasteiger partial charge in [-0.05, 0) is 55.4 Å². The zero-order chi connectivity index (χ0) is 11.6. The zero-order valence-electron chi connectivity index (χ0n) is 10.5. The fraction of sp³-hybridized carbons (Fsp3) is 0.667. The van der Waals surface area contributed by atoms with Crippen molar-refractivity contribution < 1.29 is 4.79 Å². The van der Waals surface area contributed by atoms with E-state index in [0.29, 0.717) is 11.3 Å². The Hall–Kier alpha value is -0.850. The van der Waals surface area contributed by atoms with Crippen LogP contribution in [0.25, 0.3) is 0 Å². The first-order valence-corrected chi connectivity index (χ1v) is 6.44. The lowest BCUT2D eigenvalue weighted by Crippen LogP contribution is -2.20. The van der Waals surface area contributed by atoms with E-state index in [1.54, 1.807) is 5.57 Å². The Bertz CT molecular complexity index is 333. The summed E-state index contributed by atoms with van der Waals surface area (Å²) >= 11 is 0. The molecule has 0 aromatic carbocycles. The van der Waals surface area contributed by atoms with Gasteiger partial charge >= 0.3 is 0 Å². The van der Waals surface area contributed by atoms with Gasteiger partial charge in [0.15, 0.2) is 0 Å². The minimum atomic E-state index is 0.485. The molecule has 0 fully saturated rings. The van der Waals surface area contributed by atoms with Crippen molar-refractivity contribution in [3.63, 3.8) is 0 Å². The van der Waals surface area contributed by atoms with Gasteiger partial charge in [0.25, 0.3) is 0 Å². The van der Waals surface area contributed by atoms with Crippen molar-refractivity contribution >= 4 is 6.29 Å². The molecule has 0 unspecified atom stereocenters. The minimum absolute atomic E-state index is 0.485. The molecular formula is C15H22O. The average molecular weight is 218 g/mol. The lowest BCUT2D eigenvalue weighted by atomic mass is 9.71. The number of hydrogen-bond donors (Lipinski definition) is 0. The highest BCUT2D eigenvalue weighted by Gasteiger charge is 2.27. The van der Waals surface area contributed by atoms with E-state index in [4.69, 9.17) is 0 Å². The zero-order valence-corrected chi connectivity index (χ0v) is 10.5. The van der Waals surface area contributed by atoms with Crippen molar-refractivity contribution in [1.29, 1.82) is 0 Å². The first-order valence-electron chi connectivity index (χ1n) is 6.44. The number of allylic oxidation sites excluding steroid dienone is 4. The van der Waals surface area contributed by atoms with Gasteiger partial charge in [-0.1, -0.05) is 31.6 Å². The summed E-state index contributed by atoms with van der Waals surface area (Å²) < 4.78 is 0. The molecule has 0 amide bonds. The molecule has 88 valence electrons. The van der Waals surface area contributed by atoms with Crippen molar-refractivity contribution in [2.24, 2.45) is 11.3 Å². The molecule has 0 radical (unpaired) electrons. The van der Waals surface area contributed by atoms with Crippen molar-refractivity contribution in [2.75, 3.05) is 0 Å². The molecule has 0 saturated heterocycles. The normalized spacial score (nSPS) is 29.2. The van der Waals surface area contributed by atoms with Gasteiger partial charge in [0.1, 0.15) is 6.29 Å². The van der Waals surface area contributed by atoms with Gasteiger partial charge < -0.3 is 0 Å². The number of carbonyl (C=O) groups is 1. The Kier molecular flexibility index (Phi) is 3.32. The lowest BCUT2D eigenvalue weighted by molar-refractivity contribution is -0.105. The molecule has 0 N–H and O–H groups in total. The van der Waals surface area contributed by atoms with Gasteiger partial charge in [-0.2, -0.15) is 0 Å². The van der Waals surface area contributed by atoms with E-state index in [1.165, 1.54) is 25.7 Å². The van der Waals surface area contributed by atoms with Gasteiger partial charge in [-0.15, -0.1) is 0 Å². The fourth-order valence-electron chi connectivity index (χ4n) is 2.97. The molecule has 0 aliphatic heterocycles. The highest BCUT2D eigenvalue weighted by molar-refractivity contribution is 5.73. The Morgan fingerprint density at radius 2 is 2.19 bits per heavy atom. The number of carbonyl (C=O) groups excluding carboxylic acids is 1. The third kappa shape index (κ3) is 2.63. The molecule has 1 atom stereocenters. The van der Waals surface area contributed by atoms with Crippen LogP contribution >= 0.6 is 0 Å². The van der Waals surface area contributed by atoms with E-state index < -0.39 is 0 Å². The number of hydrogen-bond acceptors (Lipinski definition) is 1. The van der Waals surface area contributed by atoms with Crippen LogP contribution in [0.4, 0.5) is 0 Å². The summed E-state index contributed by atoms with van der Waals surface area (Å²) in [6.07, 6.45) is 12.7. The summed E-state index contributed by atoms with van der Waals surface area (Å²) in [7, 11) is 0. The van der Waals surface area contributed by atoms with Crippen LogP contribution in [0.15, 0.2) is 23.3 Å². The number of rotatable bonds is 2. The molecule has 0 saturated carbocycles. The van der Waals surface area contributed by atoms with E-state index in [0.717, 1.165) is 24.7 Å². The maximum Gasteiger partial charge on any atom is 0.145 e. The van der Waals surface area contributed by atoms with E-state index >= 15 is 0 Å². The topological polar surface area (TPSA) is 17.1 Å². The van der Waals surface area contributed by atoms with Gasteiger partial charge in [0, 0.05) is 0 Å². The summed E-state index contributed by atoms with van der Waals surface area (Å²) in [6.45, 7) is 4.74. The maximum absolute atomic E-state index is 10.7. The monoisotopic (exact) mass is 218 g/mol. The van der Waals surface area contributed by atoms with Crippen LogP contribution in [0.3, 0.4) is 0 Å². The predicted molar refractivity (Wildman–Crippen MR) is 67.2 cm³/mol. The van der Waals surface area contributed by atoms with E-state index in [1.807, 2.05) is 0 Å². The van der Waals surface area contributed by atoms with Crippen LogP contribution in [0.2, 0.25) is 0 Å². The summed E-state index contributed by atoms with van der Waals surface area (Å²) in [5, 5.41) is 0. The molecule has 2 aliphatic rings. The van der Waals surface area contributed by atoms with Gasteiger partial charge in [-0.25, -0.2) is 0 Å². The van der Waals surface area contributed by atoms with E-state index in [-0.39, 0.29) is 0 Å². The van der Waals surface area contributed by atoms with Crippen LogP contribution in [0, 0.1) is 11.3 Å². The highest BCUT2D eigenvalue weighted by atomic mass is 16.1. The largest absolute Gasteiger partial charge is 0.298 e. The van der Waals surface area contributed by atoms with Crippen LogP contribution in [-0.2, 0) is 4.79 Å². The van der Waals surface area contributed by atoms with E-state index in [9.17, 15) is 4.79 Å². The molecular weight excluding hydrogens is 196 g/mol. The third-order valence-corrected chi connectivity index (χ3v) is 4.03. The van der Waals surface area contributed by atoms with Gasteiger partial charge in [0.2, 0.25) is 0 Å². The molecule has 16 heavy (non-hydrogen) atoms. The van der Waals surface area contributed by atoms with Crippen molar-refractivity contribution in [1.82, 2.24) is 0 Å². The highest BCUT2D eigenvalue weighted by Crippen LogP contribution is 2.41. The predicted octanol–water partition coefficient (Wildman–Crippen LogP) is 4.05. The summed E-state index contributed by atoms with van der Waals surface area (Å²) in [6, 6.07) is 0. The average Bonchev–Trinajstić information content (AvgIpc) is 2.28. The fourth-order valence-corrected chi connectivity index (χ4v) is 2.97. The van der Waals surface area contributed by atoms with Crippen LogP contribution in [-0.4, -0.2) is 6.29 Å². The number of aldehydes is 1. The molecule has 1 nitrogen and oxygen atoms in total. The first-order chi connectivity index (χ1) is 7.61. The van der Waals surface area contributed by atoms with Gasteiger partial charge in [-0.3, -0.25) is 4.79 Å². The molecule has 0 aromatic heterocycles. The standard InChI is InChI=1S/C15H22O/c1-15(2)9-3-4-14(10-15)13-7-5-12(11-16)6-8-13/h4-5,11,13H,3,6-10H2,1-2H3/t13-/m1/s1. The second-order valence-electron chi connectivity index (χ2n) is 6.03. The van der Waals surface area contributed by atoms with Crippen molar-refractivity contribution in [3.8, 4) is 0 Å². The maximum atomic E-state index is 10.7. The summed E-state index contributed by atoms with van der Waals surface area (Å²) in [5.74, 6) is 0.711. The lowest BCUT2D eigenvalue weighted by Gasteiger charge is -2.34. The van der Waals surface area contributed by atoms with Crippen LogP contribution in [0.1, 0.15) is 52.4 Å². The summed E-state index contributed by atoms with van der Waals surface area (Å²) in [4.78, 5) is 10.7.